The Morgan fingerprint density at radius 3 is 2.28 bits per heavy atom. The molecule has 1 N–H and O–H groups in total. The van der Waals surface area contributed by atoms with E-state index >= 15 is 0 Å². The zero-order valence-corrected chi connectivity index (χ0v) is 20.5. The van der Waals surface area contributed by atoms with Crippen LogP contribution in [-0.4, -0.2) is 46.3 Å². The first kappa shape index (κ1) is 24.7. The van der Waals surface area contributed by atoms with Crippen molar-refractivity contribution in [3.05, 3.63) is 23.3 Å². The molecule has 0 saturated heterocycles. The van der Waals surface area contributed by atoms with Gasteiger partial charge in [-0.05, 0) is 64.2 Å². The van der Waals surface area contributed by atoms with Crippen molar-refractivity contribution in [1.29, 1.82) is 0 Å². The van der Waals surface area contributed by atoms with Crippen LogP contribution in [0.15, 0.2) is 6.20 Å². The minimum Gasteiger partial charge on any atom is -0.356 e. The van der Waals surface area contributed by atoms with Crippen molar-refractivity contribution >= 4 is 11.8 Å². The summed E-state index contributed by atoms with van der Waals surface area (Å²) in [7, 11) is 0. The Balaban J connectivity index is 1.61. The molecule has 32 heavy (non-hydrogen) atoms. The lowest BCUT2D eigenvalue weighted by Gasteiger charge is -2.30. The van der Waals surface area contributed by atoms with Gasteiger partial charge in [-0.25, -0.2) is 9.97 Å². The van der Waals surface area contributed by atoms with Gasteiger partial charge >= 0.3 is 0 Å². The van der Waals surface area contributed by atoms with E-state index in [1.54, 1.807) is 6.20 Å². The summed E-state index contributed by atoms with van der Waals surface area (Å²) in [6.07, 6.45) is 11.6. The summed E-state index contributed by atoms with van der Waals surface area (Å²) in [6.45, 7) is 10.4. The van der Waals surface area contributed by atoms with Crippen molar-refractivity contribution in [2.24, 2.45) is 11.8 Å². The second-order valence-corrected chi connectivity index (χ2v) is 10.0. The number of nitrogens with zero attached hydrogens (tertiary/aromatic N) is 3. The Kier molecular flexibility index (Phi) is 9.06. The standard InChI is InChI=1S/C26H42N4O2/c1-5-30(6-2)26(32)22-17-28-25(18(3)4)29-24(22)21-13-11-20(12-14-21)16-27-23(31)15-19-9-7-8-10-19/h17-21H,5-16H2,1-4H3,(H,27,31). The number of carbonyl (C=O) groups is 2. The number of hydrogen-bond acceptors (Lipinski definition) is 4. The van der Waals surface area contributed by atoms with Crippen LogP contribution in [0.1, 0.15) is 119 Å². The van der Waals surface area contributed by atoms with Crippen molar-refractivity contribution in [3.63, 3.8) is 0 Å². The SMILES string of the molecule is CCN(CC)C(=O)c1cnc(C(C)C)nc1C1CCC(CNC(=O)CC2CCCC2)CC1. The molecule has 178 valence electrons. The summed E-state index contributed by atoms with van der Waals surface area (Å²) < 4.78 is 0. The largest absolute Gasteiger partial charge is 0.356 e. The van der Waals surface area contributed by atoms with Gasteiger partial charge in [0.25, 0.3) is 5.91 Å². The van der Waals surface area contributed by atoms with Crippen LogP contribution < -0.4 is 5.32 Å². The Bertz CT molecular complexity index is 761. The molecular formula is C26H42N4O2. The van der Waals surface area contributed by atoms with E-state index in [2.05, 4.69) is 24.1 Å². The normalized spacial score (nSPS) is 21.7. The van der Waals surface area contributed by atoms with Crippen LogP contribution >= 0.6 is 0 Å². The average molecular weight is 443 g/mol. The molecule has 0 aliphatic heterocycles. The molecule has 0 aromatic carbocycles. The van der Waals surface area contributed by atoms with Crippen LogP contribution in [0.5, 0.6) is 0 Å². The zero-order chi connectivity index (χ0) is 23.1. The molecule has 2 amide bonds. The van der Waals surface area contributed by atoms with Crippen molar-refractivity contribution in [3.8, 4) is 0 Å². The van der Waals surface area contributed by atoms with Crippen molar-refractivity contribution < 1.29 is 9.59 Å². The van der Waals surface area contributed by atoms with Gasteiger partial charge in [-0.2, -0.15) is 0 Å². The summed E-state index contributed by atoms with van der Waals surface area (Å²) >= 11 is 0. The molecule has 1 aromatic rings. The van der Waals surface area contributed by atoms with Gasteiger partial charge in [-0.3, -0.25) is 9.59 Å². The number of amides is 2. The topological polar surface area (TPSA) is 75.2 Å². The van der Waals surface area contributed by atoms with E-state index in [1.165, 1.54) is 25.7 Å². The molecule has 0 radical (unpaired) electrons. The molecule has 1 aromatic heterocycles. The maximum Gasteiger partial charge on any atom is 0.257 e. The smallest absolute Gasteiger partial charge is 0.257 e. The van der Waals surface area contributed by atoms with Gasteiger partial charge in [0.2, 0.25) is 5.91 Å². The fourth-order valence-electron chi connectivity index (χ4n) is 5.29. The predicted molar refractivity (Wildman–Crippen MR) is 128 cm³/mol. The summed E-state index contributed by atoms with van der Waals surface area (Å²) in [5, 5.41) is 3.19. The minimum atomic E-state index is 0.0432. The summed E-state index contributed by atoms with van der Waals surface area (Å²) in [5.74, 6) is 2.73. The monoisotopic (exact) mass is 442 g/mol. The minimum absolute atomic E-state index is 0.0432. The Morgan fingerprint density at radius 1 is 1.03 bits per heavy atom. The lowest BCUT2D eigenvalue weighted by Crippen LogP contribution is -2.33. The van der Waals surface area contributed by atoms with Gasteiger partial charge in [0.05, 0.1) is 11.3 Å². The summed E-state index contributed by atoms with van der Waals surface area (Å²) in [5.41, 5.74) is 1.61. The van der Waals surface area contributed by atoms with Crippen molar-refractivity contribution in [2.75, 3.05) is 19.6 Å². The van der Waals surface area contributed by atoms with E-state index < -0.39 is 0 Å². The highest BCUT2D eigenvalue weighted by molar-refractivity contribution is 5.95. The first-order chi connectivity index (χ1) is 15.4. The Morgan fingerprint density at radius 2 is 1.69 bits per heavy atom. The lowest BCUT2D eigenvalue weighted by molar-refractivity contribution is -0.122. The van der Waals surface area contributed by atoms with Gasteiger partial charge in [-0.15, -0.1) is 0 Å². The van der Waals surface area contributed by atoms with E-state index in [0.29, 0.717) is 36.9 Å². The average Bonchev–Trinajstić information content (AvgIpc) is 3.31. The molecule has 2 aliphatic carbocycles. The fourth-order valence-corrected chi connectivity index (χ4v) is 5.29. The van der Waals surface area contributed by atoms with E-state index in [4.69, 9.17) is 4.98 Å². The van der Waals surface area contributed by atoms with Crippen LogP contribution in [-0.2, 0) is 4.79 Å². The molecular weight excluding hydrogens is 400 g/mol. The van der Waals surface area contributed by atoms with Gasteiger partial charge in [0.1, 0.15) is 5.82 Å². The first-order valence-corrected chi connectivity index (χ1v) is 12.9. The number of carbonyl (C=O) groups excluding carboxylic acids is 2. The van der Waals surface area contributed by atoms with Crippen LogP contribution in [0.4, 0.5) is 0 Å². The predicted octanol–water partition coefficient (Wildman–Crippen LogP) is 5.05. The second-order valence-electron chi connectivity index (χ2n) is 10.0. The van der Waals surface area contributed by atoms with Crippen molar-refractivity contribution in [2.45, 2.75) is 97.3 Å². The number of nitrogens with one attached hydrogen (secondary N) is 1. The number of aromatic nitrogens is 2. The van der Waals surface area contributed by atoms with Crippen LogP contribution in [0.3, 0.4) is 0 Å². The fraction of sp³-hybridized carbons (Fsp3) is 0.769. The highest BCUT2D eigenvalue weighted by Gasteiger charge is 2.29. The van der Waals surface area contributed by atoms with E-state index in [0.717, 1.165) is 43.7 Å². The molecule has 2 aliphatic rings. The molecule has 0 spiro atoms. The lowest BCUT2D eigenvalue weighted by atomic mass is 9.79. The molecule has 6 nitrogen and oxygen atoms in total. The highest BCUT2D eigenvalue weighted by atomic mass is 16.2. The maximum atomic E-state index is 13.1. The number of rotatable bonds is 9. The number of hydrogen-bond donors (Lipinski definition) is 1. The molecule has 0 unspecified atom stereocenters. The maximum absolute atomic E-state index is 13.1. The third-order valence-electron chi connectivity index (χ3n) is 7.40. The van der Waals surface area contributed by atoms with Gasteiger partial charge in [0.15, 0.2) is 0 Å². The third kappa shape index (κ3) is 6.29. The van der Waals surface area contributed by atoms with Crippen LogP contribution in [0, 0.1) is 11.8 Å². The highest BCUT2D eigenvalue weighted by Crippen LogP contribution is 2.37. The molecule has 6 heteroatoms. The molecule has 2 saturated carbocycles. The molecule has 0 atom stereocenters. The molecule has 2 fully saturated rings. The van der Waals surface area contributed by atoms with Gasteiger partial charge in [-0.1, -0.05) is 26.7 Å². The molecule has 1 heterocycles. The van der Waals surface area contributed by atoms with Gasteiger partial charge < -0.3 is 10.2 Å². The third-order valence-corrected chi connectivity index (χ3v) is 7.40. The molecule has 3 rings (SSSR count). The molecule has 0 bridgehead atoms. The second kappa shape index (κ2) is 11.8. The van der Waals surface area contributed by atoms with Crippen LogP contribution in [0.2, 0.25) is 0 Å². The van der Waals surface area contributed by atoms with Gasteiger partial charge in [0, 0.05) is 44.1 Å². The van der Waals surface area contributed by atoms with Crippen molar-refractivity contribution in [1.82, 2.24) is 20.2 Å². The Hall–Kier alpha value is -1.98. The van der Waals surface area contributed by atoms with Crippen LogP contribution in [0.25, 0.3) is 0 Å². The van der Waals surface area contributed by atoms with E-state index in [-0.39, 0.29) is 23.7 Å². The first-order valence-electron chi connectivity index (χ1n) is 12.9. The zero-order valence-electron chi connectivity index (χ0n) is 20.5. The summed E-state index contributed by atoms with van der Waals surface area (Å²) in [4.78, 5) is 36.7. The quantitative estimate of drug-likeness (QED) is 0.580. The Labute approximate surface area is 194 Å². The van der Waals surface area contributed by atoms with E-state index in [9.17, 15) is 9.59 Å². The summed E-state index contributed by atoms with van der Waals surface area (Å²) in [6, 6.07) is 0. The van der Waals surface area contributed by atoms with E-state index in [1.807, 2.05) is 18.7 Å².